The highest BCUT2D eigenvalue weighted by Gasteiger charge is 2.13. The van der Waals surface area contributed by atoms with Crippen molar-refractivity contribution in [2.75, 3.05) is 20.8 Å². The van der Waals surface area contributed by atoms with Crippen LogP contribution in [0.15, 0.2) is 72.3 Å². The van der Waals surface area contributed by atoms with Crippen molar-refractivity contribution >= 4 is 11.9 Å². The number of benzene rings is 2. The van der Waals surface area contributed by atoms with Crippen LogP contribution in [-0.2, 0) is 22.6 Å². The molecule has 0 amide bonds. The molecule has 0 heterocycles. The molecule has 0 radical (unpaired) electrons. The van der Waals surface area contributed by atoms with Gasteiger partial charge in [-0.15, -0.1) is 0 Å². The van der Waals surface area contributed by atoms with Crippen LogP contribution < -0.4 is 0 Å². The minimum atomic E-state index is -0.330. The van der Waals surface area contributed by atoms with Crippen molar-refractivity contribution in [2.45, 2.75) is 25.9 Å². The van der Waals surface area contributed by atoms with Crippen molar-refractivity contribution in [2.24, 2.45) is 0 Å². The van der Waals surface area contributed by atoms with Crippen LogP contribution in [0.2, 0.25) is 0 Å². The lowest BCUT2D eigenvalue weighted by molar-refractivity contribution is 0.0592. The Morgan fingerprint density at radius 3 is 1.70 bits per heavy atom. The van der Waals surface area contributed by atoms with E-state index in [0.29, 0.717) is 11.1 Å². The number of methoxy groups -OCH3 is 2. The summed E-state index contributed by atoms with van der Waals surface area (Å²) in [5.74, 6) is -0.661. The Hall–Kier alpha value is -3.18. The first-order valence-electron chi connectivity index (χ1n) is 10.0. The smallest absolute Gasteiger partial charge is 0.337 e. The Balaban J connectivity index is 1.74. The van der Waals surface area contributed by atoms with Gasteiger partial charge in [0.1, 0.15) is 0 Å². The summed E-state index contributed by atoms with van der Waals surface area (Å²) >= 11 is 0. The van der Waals surface area contributed by atoms with Gasteiger partial charge in [0.15, 0.2) is 0 Å². The van der Waals surface area contributed by atoms with Crippen LogP contribution >= 0.6 is 0 Å². The average Bonchev–Trinajstić information content (AvgIpc) is 2.79. The van der Waals surface area contributed by atoms with Gasteiger partial charge in [0.05, 0.1) is 25.3 Å². The van der Waals surface area contributed by atoms with Gasteiger partial charge < -0.3 is 9.47 Å². The minimum absolute atomic E-state index is 0.330. The molecule has 5 heteroatoms. The first-order valence-corrected chi connectivity index (χ1v) is 10.0. The normalized spacial score (nSPS) is 13.1. The van der Waals surface area contributed by atoms with Gasteiger partial charge in [-0.2, -0.15) is 0 Å². The third-order valence-electron chi connectivity index (χ3n) is 5.09. The van der Waals surface area contributed by atoms with E-state index in [9.17, 15) is 9.59 Å². The first-order chi connectivity index (χ1) is 14.6. The quantitative estimate of drug-likeness (QED) is 0.604. The van der Waals surface area contributed by atoms with Crippen LogP contribution in [0.3, 0.4) is 0 Å². The fraction of sp³-hybridized carbons (Fsp3) is 0.280. The van der Waals surface area contributed by atoms with E-state index in [1.807, 2.05) is 24.3 Å². The van der Waals surface area contributed by atoms with Crippen LogP contribution in [0.25, 0.3) is 0 Å². The lowest BCUT2D eigenvalue weighted by Crippen LogP contribution is -2.25. The summed E-state index contributed by atoms with van der Waals surface area (Å²) in [7, 11) is 2.77. The third kappa shape index (κ3) is 5.91. The maximum absolute atomic E-state index is 11.7. The van der Waals surface area contributed by atoms with Crippen molar-refractivity contribution in [3.05, 3.63) is 94.6 Å². The van der Waals surface area contributed by atoms with Gasteiger partial charge in [0.25, 0.3) is 0 Å². The van der Waals surface area contributed by atoms with Crippen LogP contribution in [0.4, 0.5) is 0 Å². The van der Waals surface area contributed by atoms with E-state index in [2.05, 4.69) is 23.1 Å². The van der Waals surface area contributed by atoms with Gasteiger partial charge in [-0.25, -0.2) is 9.59 Å². The summed E-state index contributed by atoms with van der Waals surface area (Å²) in [6.07, 6.45) is 8.63. The number of hydrogen-bond acceptors (Lipinski definition) is 5. The van der Waals surface area contributed by atoms with E-state index in [4.69, 9.17) is 9.47 Å². The molecule has 156 valence electrons. The molecule has 0 atom stereocenters. The number of nitrogens with zero attached hydrogens (tertiary/aromatic N) is 1. The molecule has 0 unspecified atom stereocenters. The predicted octanol–water partition coefficient (Wildman–Crippen LogP) is 4.54. The highest BCUT2D eigenvalue weighted by molar-refractivity contribution is 5.89. The maximum Gasteiger partial charge on any atom is 0.337 e. The van der Waals surface area contributed by atoms with Gasteiger partial charge in [-0.05, 0) is 48.2 Å². The SMILES string of the molecule is COC(=O)c1ccc(CN(CC2=CC=CCC2)Cc2ccc(C(=O)OC)cc2)cc1. The second-order valence-corrected chi connectivity index (χ2v) is 7.31. The molecule has 30 heavy (non-hydrogen) atoms. The molecule has 0 aromatic heterocycles. The topological polar surface area (TPSA) is 55.8 Å². The second kappa shape index (κ2) is 10.6. The van der Waals surface area contributed by atoms with E-state index < -0.39 is 0 Å². The zero-order chi connectivity index (χ0) is 21.3. The van der Waals surface area contributed by atoms with E-state index >= 15 is 0 Å². The summed E-state index contributed by atoms with van der Waals surface area (Å²) in [6.45, 7) is 2.37. The van der Waals surface area contributed by atoms with Crippen LogP contribution in [0.5, 0.6) is 0 Å². The van der Waals surface area contributed by atoms with Gasteiger partial charge in [-0.1, -0.05) is 48.1 Å². The molecular formula is C25H27NO4. The number of carbonyl (C=O) groups excluding carboxylic acids is 2. The highest BCUT2D eigenvalue weighted by atomic mass is 16.5. The first kappa shape index (κ1) is 21.5. The number of ether oxygens (including phenoxy) is 2. The molecule has 0 N–H and O–H groups in total. The second-order valence-electron chi connectivity index (χ2n) is 7.31. The lowest BCUT2D eigenvalue weighted by atomic mass is 10.0. The summed E-state index contributed by atoms with van der Waals surface area (Å²) < 4.78 is 9.55. The van der Waals surface area contributed by atoms with Crippen molar-refractivity contribution in [1.82, 2.24) is 4.90 Å². The largest absolute Gasteiger partial charge is 0.465 e. The van der Waals surface area contributed by atoms with Crippen molar-refractivity contribution in [3.8, 4) is 0 Å². The monoisotopic (exact) mass is 405 g/mol. The fourth-order valence-electron chi connectivity index (χ4n) is 3.48. The zero-order valence-electron chi connectivity index (χ0n) is 17.5. The molecule has 0 fully saturated rings. The molecule has 2 aromatic carbocycles. The van der Waals surface area contributed by atoms with Gasteiger partial charge in [0.2, 0.25) is 0 Å². The molecule has 2 aromatic rings. The predicted molar refractivity (Wildman–Crippen MR) is 116 cm³/mol. The molecule has 5 nitrogen and oxygen atoms in total. The molecule has 3 rings (SSSR count). The minimum Gasteiger partial charge on any atom is -0.465 e. The molecule has 0 saturated carbocycles. The van der Waals surface area contributed by atoms with Crippen molar-refractivity contribution < 1.29 is 19.1 Å². The van der Waals surface area contributed by atoms with Crippen LogP contribution in [0.1, 0.15) is 44.7 Å². The summed E-state index contributed by atoms with van der Waals surface area (Å²) in [5, 5.41) is 0. The Morgan fingerprint density at radius 2 is 1.30 bits per heavy atom. The number of carbonyl (C=O) groups is 2. The number of allylic oxidation sites excluding steroid dienone is 3. The van der Waals surface area contributed by atoms with E-state index in [-0.39, 0.29) is 11.9 Å². The number of rotatable bonds is 8. The average molecular weight is 405 g/mol. The fourth-order valence-corrected chi connectivity index (χ4v) is 3.48. The van der Waals surface area contributed by atoms with Gasteiger partial charge in [-0.3, -0.25) is 4.90 Å². The van der Waals surface area contributed by atoms with Crippen molar-refractivity contribution in [1.29, 1.82) is 0 Å². The highest BCUT2D eigenvalue weighted by Crippen LogP contribution is 2.18. The number of hydrogen-bond donors (Lipinski definition) is 0. The zero-order valence-corrected chi connectivity index (χ0v) is 17.5. The standard InChI is InChI=1S/C25H27NO4/c1-29-24(27)22-12-8-20(9-13-22)17-26(16-19-6-4-3-5-7-19)18-21-10-14-23(15-11-21)25(28)30-2/h3-4,6,8-15H,5,7,16-18H2,1-2H3. The molecule has 0 saturated heterocycles. The van der Waals surface area contributed by atoms with E-state index in [1.54, 1.807) is 24.3 Å². The summed E-state index contributed by atoms with van der Waals surface area (Å²) in [5.41, 5.74) is 4.74. The molecule has 0 spiro atoms. The Kier molecular flexibility index (Phi) is 7.57. The van der Waals surface area contributed by atoms with Gasteiger partial charge >= 0.3 is 11.9 Å². The molecule has 1 aliphatic carbocycles. The Labute approximate surface area is 177 Å². The summed E-state index contributed by atoms with van der Waals surface area (Å²) in [4.78, 5) is 25.7. The van der Waals surface area contributed by atoms with Crippen LogP contribution in [0, 0.1) is 0 Å². The van der Waals surface area contributed by atoms with Crippen molar-refractivity contribution in [3.63, 3.8) is 0 Å². The number of esters is 2. The molecule has 0 bridgehead atoms. The Morgan fingerprint density at radius 1 is 0.800 bits per heavy atom. The summed E-state index contributed by atoms with van der Waals surface area (Å²) in [6, 6.07) is 15.1. The third-order valence-corrected chi connectivity index (χ3v) is 5.09. The van der Waals surface area contributed by atoms with Crippen LogP contribution in [-0.4, -0.2) is 37.6 Å². The molecule has 1 aliphatic rings. The van der Waals surface area contributed by atoms with E-state index in [1.165, 1.54) is 19.8 Å². The van der Waals surface area contributed by atoms with Gasteiger partial charge in [0, 0.05) is 19.6 Å². The maximum atomic E-state index is 11.7. The Bertz CT molecular complexity index is 865. The van der Waals surface area contributed by atoms with E-state index in [0.717, 1.165) is 43.6 Å². The molecule has 0 aliphatic heterocycles. The molecular weight excluding hydrogens is 378 g/mol. The lowest BCUT2D eigenvalue weighted by Gasteiger charge is -2.25.